The summed E-state index contributed by atoms with van der Waals surface area (Å²) in [5, 5.41) is 3.34. The molecule has 130 valence electrons. The van der Waals surface area contributed by atoms with Crippen molar-refractivity contribution in [3.05, 3.63) is 57.0 Å². The summed E-state index contributed by atoms with van der Waals surface area (Å²) in [6, 6.07) is 7.75. The van der Waals surface area contributed by atoms with Crippen LogP contribution in [0.15, 0.2) is 35.4 Å². The minimum absolute atomic E-state index is 0.138. The fraction of sp³-hybridized carbons (Fsp3) is 0.278. The van der Waals surface area contributed by atoms with Crippen molar-refractivity contribution in [1.82, 2.24) is 14.9 Å². The maximum atomic E-state index is 12.4. The molecule has 7 heteroatoms. The highest BCUT2D eigenvalue weighted by atomic mass is 32.1. The van der Waals surface area contributed by atoms with E-state index in [-0.39, 0.29) is 11.5 Å². The first-order valence-corrected chi connectivity index (χ1v) is 8.71. The zero-order chi connectivity index (χ0) is 18.0. The molecule has 0 saturated carbocycles. The van der Waals surface area contributed by atoms with Gasteiger partial charge in [0.1, 0.15) is 17.2 Å². The predicted molar refractivity (Wildman–Crippen MR) is 98.6 cm³/mol. The Morgan fingerprint density at radius 2 is 2.16 bits per heavy atom. The molecule has 1 N–H and O–H groups in total. The zero-order valence-corrected chi connectivity index (χ0v) is 15.1. The van der Waals surface area contributed by atoms with Crippen molar-refractivity contribution in [2.75, 3.05) is 13.2 Å². The van der Waals surface area contributed by atoms with Gasteiger partial charge in [0.25, 0.3) is 11.5 Å². The lowest BCUT2D eigenvalue weighted by molar-refractivity contribution is 0.0950. The average Bonchev–Trinajstić information content (AvgIpc) is 2.92. The fourth-order valence-corrected chi connectivity index (χ4v) is 3.60. The lowest BCUT2D eigenvalue weighted by atomic mass is 10.2. The first-order chi connectivity index (χ1) is 12.0. The van der Waals surface area contributed by atoms with E-state index in [1.165, 1.54) is 22.2 Å². The Labute approximate surface area is 149 Å². The molecule has 0 radical (unpaired) electrons. The topological polar surface area (TPSA) is 73.2 Å². The number of carbonyl (C=O) groups excluding carboxylic acids is 1. The Morgan fingerprint density at radius 1 is 1.36 bits per heavy atom. The molecular formula is C18H19N3O3S. The summed E-state index contributed by atoms with van der Waals surface area (Å²) in [5.41, 5.74) is 1.66. The summed E-state index contributed by atoms with van der Waals surface area (Å²) >= 11 is 1.23. The van der Waals surface area contributed by atoms with Gasteiger partial charge in [-0.15, -0.1) is 11.3 Å². The van der Waals surface area contributed by atoms with Gasteiger partial charge in [0, 0.05) is 7.05 Å². The van der Waals surface area contributed by atoms with Gasteiger partial charge in [-0.05, 0) is 37.1 Å². The lowest BCUT2D eigenvalue weighted by Crippen LogP contribution is -2.28. The molecule has 6 nitrogen and oxygen atoms in total. The smallest absolute Gasteiger partial charge is 0.262 e. The Kier molecular flexibility index (Phi) is 4.85. The lowest BCUT2D eigenvalue weighted by Gasteiger charge is -2.08. The van der Waals surface area contributed by atoms with Crippen molar-refractivity contribution in [1.29, 1.82) is 0 Å². The van der Waals surface area contributed by atoms with E-state index in [4.69, 9.17) is 4.74 Å². The van der Waals surface area contributed by atoms with Gasteiger partial charge in [0.05, 0.1) is 23.1 Å². The number of fused-ring (bicyclic) bond motifs is 1. The van der Waals surface area contributed by atoms with E-state index < -0.39 is 0 Å². The number of hydrogen-bond donors (Lipinski definition) is 1. The van der Waals surface area contributed by atoms with E-state index in [9.17, 15) is 9.59 Å². The first kappa shape index (κ1) is 17.2. The standard InChI is InChI=1S/C18H19N3O3S/c1-11-5-4-6-13(9-11)24-8-7-19-16(22)15-12(2)14-17(25-15)20-10-21(3)18(14)23/h4-6,9-10H,7-8H2,1-3H3,(H,19,22). The van der Waals surface area contributed by atoms with Crippen molar-refractivity contribution in [3.63, 3.8) is 0 Å². The molecule has 0 aliphatic rings. The third kappa shape index (κ3) is 3.56. The third-order valence-electron chi connectivity index (χ3n) is 3.86. The number of carbonyl (C=O) groups is 1. The molecule has 0 aliphatic heterocycles. The van der Waals surface area contributed by atoms with Gasteiger partial charge in [0.15, 0.2) is 0 Å². The molecule has 2 aromatic heterocycles. The van der Waals surface area contributed by atoms with Crippen LogP contribution in [0.5, 0.6) is 5.75 Å². The Hall–Kier alpha value is -2.67. The van der Waals surface area contributed by atoms with E-state index in [1.807, 2.05) is 31.2 Å². The normalized spacial score (nSPS) is 10.8. The molecule has 0 spiro atoms. The second-order valence-corrected chi connectivity index (χ2v) is 6.82. The number of benzene rings is 1. The van der Waals surface area contributed by atoms with Crippen LogP contribution < -0.4 is 15.6 Å². The van der Waals surface area contributed by atoms with Gasteiger partial charge < -0.3 is 14.6 Å². The van der Waals surface area contributed by atoms with E-state index in [0.29, 0.717) is 33.8 Å². The molecule has 0 atom stereocenters. The Balaban J connectivity index is 1.66. The highest BCUT2D eigenvalue weighted by Crippen LogP contribution is 2.26. The fourth-order valence-electron chi connectivity index (χ4n) is 2.54. The summed E-state index contributed by atoms with van der Waals surface area (Å²) in [6.07, 6.45) is 1.47. The Bertz CT molecular complexity index is 991. The van der Waals surface area contributed by atoms with Crippen molar-refractivity contribution < 1.29 is 9.53 Å². The SMILES string of the molecule is Cc1cccc(OCCNC(=O)c2sc3ncn(C)c(=O)c3c2C)c1. The number of hydrogen-bond acceptors (Lipinski definition) is 5. The van der Waals surface area contributed by atoms with Crippen molar-refractivity contribution in [2.24, 2.45) is 7.05 Å². The number of nitrogens with one attached hydrogen (secondary N) is 1. The Morgan fingerprint density at radius 3 is 2.92 bits per heavy atom. The molecular weight excluding hydrogens is 338 g/mol. The summed E-state index contributed by atoms with van der Waals surface area (Å²) in [5.74, 6) is 0.565. The molecule has 25 heavy (non-hydrogen) atoms. The molecule has 2 heterocycles. The number of aromatic nitrogens is 2. The highest BCUT2D eigenvalue weighted by molar-refractivity contribution is 7.20. The van der Waals surface area contributed by atoms with Gasteiger partial charge in [0.2, 0.25) is 0 Å². The van der Waals surface area contributed by atoms with E-state index in [0.717, 1.165) is 11.3 Å². The maximum Gasteiger partial charge on any atom is 0.262 e. The third-order valence-corrected chi connectivity index (χ3v) is 5.06. The molecule has 0 fully saturated rings. The molecule has 3 rings (SSSR count). The van der Waals surface area contributed by atoms with Gasteiger partial charge in [-0.3, -0.25) is 9.59 Å². The van der Waals surface area contributed by atoms with Crippen LogP contribution in [0.25, 0.3) is 10.2 Å². The summed E-state index contributed by atoms with van der Waals surface area (Å²) < 4.78 is 7.04. The van der Waals surface area contributed by atoms with Crippen LogP contribution in [0, 0.1) is 13.8 Å². The first-order valence-electron chi connectivity index (χ1n) is 7.90. The molecule has 0 bridgehead atoms. The van der Waals surface area contributed by atoms with E-state index in [1.54, 1.807) is 14.0 Å². The van der Waals surface area contributed by atoms with Crippen LogP contribution in [0.2, 0.25) is 0 Å². The van der Waals surface area contributed by atoms with Gasteiger partial charge in [-0.1, -0.05) is 12.1 Å². The second-order valence-electron chi connectivity index (χ2n) is 5.82. The van der Waals surface area contributed by atoms with Crippen molar-refractivity contribution in [3.8, 4) is 5.75 Å². The molecule has 1 amide bonds. The monoisotopic (exact) mass is 357 g/mol. The molecule has 1 aromatic carbocycles. The highest BCUT2D eigenvalue weighted by Gasteiger charge is 2.18. The largest absolute Gasteiger partial charge is 0.492 e. The number of aryl methyl sites for hydroxylation is 3. The number of rotatable bonds is 5. The minimum Gasteiger partial charge on any atom is -0.492 e. The van der Waals surface area contributed by atoms with Crippen LogP contribution in [0.3, 0.4) is 0 Å². The quantitative estimate of drug-likeness (QED) is 0.712. The molecule has 0 saturated heterocycles. The van der Waals surface area contributed by atoms with Crippen molar-refractivity contribution in [2.45, 2.75) is 13.8 Å². The van der Waals surface area contributed by atoms with Gasteiger partial charge in [-0.25, -0.2) is 4.98 Å². The second kappa shape index (κ2) is 7.06. The van der Waals surface area contributed by atoms with Gasteiger partial charge in [-0.2, -0.15) is 0 Å². The van der Waals surface area contributed by atoms with Crippen LogP contribution in [0.1, 0.15) is 20.8 Å². The summed E-state index contributed by atoms with van der Waals surface area (Å²) in [7, 11) is 1.65. The van der Waals surface area contributed by atoms with Gasteiger partial charge >= 0.3 is 0 Å². The number of ether oxygens (including phenoxy) is 1. The summed E-state index contributed by atoms with van der Waals surface area (Å²) in [6.45, 7) is 4.53. The van der Waals surface area contributed by atoms with Crippen LogP contribution in [0.4, 0.5) is 0 Å². The molecule has 3 aromatic rings. The predicted octanol–water partition coefficient (Wildman–Crippen LogP) is 2.42. The molecule has 0 aliphatic carbocycles. The molecule has 0 unspecified atom stereocenters. The summed E-state index contributed by atoms with van der Waals surface area (Å²) in [4.78, 5) is 29.9. The van der Waals surface area contributed by atoms with E-state index in [2.05, 4.69) is 10.3 Å². The number of nitrogens with zero attached hydrogens (tertiary/aromatic N) is 2. The van der Waals surface area contributed by atoms with Crippen LogP contribution in [-0.2, 0) is 7.05 Å². The van der Waals surface area contributed by atoms with Crippen LogP contribution in [-0.4, -0.2) is 28.6 Å². The zero-order valence-electron chi connectivity index (χ0n) is 14.3. The van der Waals surface area contributed by atoms with Crippen LogP contribution >= 0.6 is 11.3 Å². The average molecular weight is 357 g/mol. The maximum absolute atomic E-state index is 12.4. The number of amides is 1. The van der Waals surface area contributed by atoms with Crippen molar-refractivity contribution >= 4 is 27.5 Å². The number of thiophene rings is 1. The van der Waals surface area contributed by atoms with E-state index >= 15 is 0 Å². The minimum atomic E-state index is -0.213.